The summed E-state index contributed by atoms with van der Waals surface area (Å²) in [6, 6.07) is 0. The maximum atomic E-state index is 2.30. The summed E-state index contributed by atoms with van der Waals surface area (Å²) in [6.45, 7) is 6.85. The fraction of sp³-hybridized carbons (Fsp3) is 0.909. The predicted octanol–water partition coefficient (Wildman–Crippen LogP) is 3.32. The molecule has 0 spiro atoms. The minimum absolute atomic E-state index is 0.747. The van der Waals surface area contributed by atoms with Crippen molar-refractivity contribution in [2.45, 2.75) is 46.0 Å². The summed E-state index contributed by atoms with van der Waals surface area (Å²) in [7, 11) is 4.20. The van der Waals surface area contributed by atoms with Crippen molar-refractivity contribution in [3.05, 3.63) is 6.54 Å². The van der Waals surface area contributed by atoms with Crippen LogP contribution in [-0.2, 0) is 0 Å². The smallest absolute Gasteiger partial charge is 0.0273 e. The number of rotatable bonds is 7. The SMILES string of the molecule is CCCCCCC(C)[CH]N(C)C. The van der Waals surface area contributed by atoms with Crippen molar-refractivity contribution in [2.75, 3.05) is 14.1 Å². The van der Waals surface area contributed by atoms with Crippen LogP contribution < -0.4 is 0 Å². The first-order chi connectivity index (χ1) is 5.66. The van der Waals surface area contributed by atoms with Gasteiger partial charge in [-0.05, 0) is 26.4 Å². The van der Waals surface area contributed by atoms with Crippen LogP contribution in [0.2, 0.25) is 0 Å². The molecule has 0 saturated carbocycles. The number of nitrogens with zero attached hydrogens (tertiary/aromatic N) is 1. The van der Waals surface area contributed by atoms with E-state index in [1.807, 2.05) is 0 Å². The zero-order valence-corrected chi connectivity index (χ0v) is 9.14. The monoisotopic (exact) mass is 170 g/mol. The summed E-state index contributed by atoms with van der Waals surface area (Å²) < 4.78 is 0. The molecule has 0 saturated heterocycles. The minimum atomic E-state index is 0.747. The summed E-state index contributed by atoms with van der Waals surface area (Å²) in [5.41, 5.74) is 0. The van der Waals surface area contributed by atoms with Gasteiger partial charge in [0.2, 0.25) is 0 Å². The molecule has 1 heteroatoms. The number of hydrogen-bond donors (Lipinski definition) is 0. The molecule has 1 radical (unpaired) electrons. The van der Waals surface area contributed by atoms with Crippen LogP contribution in [0.15, 0.2) is 0 Å². The Morgan fingerprint density at radius 2 is 1.83 bits per heavy atom. The third kappa shape index (κ3) is 8.06. The normalized spacial score (nSPS) is 13.8. The van der Waals surface area contributed by atoms with Crippen LogP contribution in [-0.4, -0.2) is 19.0 Å². The molecule has 1 unspecified atom stereocenters. The Morgan fingerprint density at radius 1 is 1.17 bits per heavy atom. The van der Waals surface area contributed by atoms with Crippen LogP contribution in [0.25, 0.3) is 0 Å². The van der Waals surface area contributed by atoms with Crippen molar-refractivity contribution in [3.63, 3.8) is 0 Å². The van der Waals surface area contributed by atoms with Crippen molar-refractivity contribution >= 4 is 0 Å². The molecule has 0 bridgehead atoms. The van der Waals surface area contributed by atoms with E-state index < -0.39 is 0 Å². The van der Waals surface area contributed by atoms with E-state index in [-0.39, 0.29) is 0 Å². The second-order valence-electron chi connectivity index (χ2n) is 3.94. The lowest BCUT2D eigenvalue weighted by molar-refractivity contribution is 0.395. The maximum absolute atomic E-state index is 2.30. The van der Waals surface area contributed by atoms with Crippen LogP contribution in [0.1, 0.15) is 46.0 Å². The Labute approximate surface area is 78.1 Å². The Morgan fingerprint density at radius 3 is 2.33 bits per heavy atom. The van der Waals surface area contributed by atoms with Gasteiger partial charge in [-0.15, -0.1) is 0 Å². The molecular formula is C11H24N. The van der Waals surface area contributed by atoms with Gasteiger partial charge in [-0.25, -0.2) is 0 Å². The molecule has 0 aliphatic rings. The van der Waals surface area contributed by atoms with Crippen LogP contribution in [0.4, 0.5) is 0 Å². The summed E-state index contributed by atoms with van der Waals surface area (Å²) >= 11 is 0. The molecule has 0 aromatic rings. The Bertz CT molecular complexity index is 89.0. The third-order valence-corrected chi connectivity index (χ3v) is 2.07. The van der Waals surface area contributed by atoms with Gasteiger partial charge in [-0.1, -0.05) is 39.5 Å². The fourth-order valence-corrected chi connectivity index (χ4v) is 1.48. The minimum Gasteiger partial charge on any atom is -0.305 e. The van der Waals surface area contributed by atoms with Crippen LogP contribution in [0.3, 0.4) is 0 Å². The van der Waals surface area contributed by atoms with E-state index in [4.69, 9.17) is 0 Å². The molecule has 0 amide bonds. The van der Waals surface area contributed by atoms with Gasteiger partial charge in [0.15, 0.2) is 0 Å². The molecular weight excluding hydrogens is 146 g/mol. The van der Waals surface area contributed by atoms with Crippen molar-refractivity contribution in [1.82, 2.24) is 4.90 Å². The topological polar surface area (TPSA) is 3.24 Å². The second-order valence-corrected chi connectivity index (χ2v) is 3.94. The molecule has 0 N–H and O–H groups in total. The predicted molar refractivity (Wildman–Crippen MR) is 55.9 cm³/mol. The van der Waals surface area contributed by atoms with Crippen molar-refractivity contribution in [1.29, 1.82) is 0 Å². The van der Waals surface area contributed by atoms with E-state index in [0.29, 0.717) is 0 Å². The summed E-state index contributed by atoms with van der Waals surface area (Å²) in [5.74, 6) is 0.747. The zero-order chi connectivity index (χ0) is 9.40. The number of unbranched alkanes of at least 4 members (excludes halogenated alkanes) is 3. The van der Waals surface area contributed by atoms with Gasteiger partial charge in [0.1, 0.15) is 0 Å². The highest BCUT2D eigenvalue weighted by atomic mass is 15.1. The van der Waals surface area contributed by atoms with Crippen molar-refractivity contribution < 1.29 is 0 Å². The van der Waals surface area contributed by atoms with E-state index in [0.717, 1.165) is 5.92 Å². The molecule has 1 atom stereocenters. The summed E-state index contributed by atoms with van der Waals surface area (Å²) in [6.07, 6.45) is 6.88. The summed E-state index contributed by atoms with van der Waals surface area (Å²) in [5, 5.41) is 0. The first-order valence-corrected chi connectivity index (χ1v) is 5.18. The molecule has 0 aliphatic heterocycles. The first kappa shape index (κ1) is 12.0. The second kappa shape index (κ2) is 7.60. The first-order valence-electron chi connectivity index (χ1n) is 5.18. The van der Waals surface area contributed by atoms with E-state index >= 15 is 0 Å². The average molecular weight is 170 g/mol. The highest BCUT2D eigenvalue weighted by Gasteiger charge is 2.02. The Balaban J connectivity index is 3.14. The molecule has 12 heavy (non-hydrogen) atoms. The molecule has 0 aromatic heterocycles. The fourth-order valence-electron chi connectivity index (χ4n) is 1.48. The van der Waals surface area contributed by atoms with Gasteiger partial charge >= 0.3 is 0 Å². The largest absolute Gasteiger partial charge is 0.305 e. The standard InChI is InChI=1S/C11H24N/c1-5-6-7-8-9-11(2)10-12(3)4/h10-11H,5-9H2,1-4H3. The zero-order valence-electron chi connectivity index (χ0n) is 9.14. The quantitative estimate of drug-likeness (QED) is 0.530. The average Bonchev–Trinajstić information content (AvgIpc) is 1.97. The lowest BCUT2D eigenvalue weighted by Gasteiger charge is -2.15. The van der Waals surface area contributed by atoms with Crippen LogP contribution in [0, 0.1) is 12.5 Å². The molecule has 0 fully saturated rings. The van der Waals surface area contributed by atoms with E-state index in [9.17, 15) is 0 Å². The Hall–Kier alpha value is -0.0400. The van der Waals surface area contributed by atoms with Crippen molar-refractivity contribution in [2.24, 2.45) is 5.92 Å². The third-order valence-electron chi connectivity index (χ3n) is 2.07. The van der Waals surface area contributed by atoms with Gasteiger partial charge in [0.25, 0.3) is 0 Å². The van der Waals surface area contributed by atoms with E-state index in [1.54, 1.807) is 0 Å². The van der Waals surface area contributed by atoms with Gasteiger partial charge in [0, 0.05) is 6.54 Å². The van der Waals surface area contributed by atoms with E-state index in [2.05, 4.69) is 39.4 Å². The van der Waals surface area contributed by atoms with E-state index in [1.165, 1.54) is 32.1 Å². The summed E-state index contributed by atoms with van der Waals surface area (Å²) in [4.78, 5) is 2.16. The van der Waals surface area contributed by atoms with Crippen LogP contribution >= 0.6 is 0 Å². The van der Waals surface area contributed by atoms with Gasteiger partial charge < -0.3 is 4.90 Å². The van der Waals surface area contributed by atoms with Crippen LogP contribution in [0.5, 0.6) is 0 Å². The van der Waals surface area contributed by atoms with Crippen molar-refractivity contribution in [3.8, 4) is 0 Å². The number of hydrogen-bond acceptors (Lipinski definition) is 1. The molecule has 0 aliphatic carbocycles. The maximum Gasteiger partial charge on any atom is 0.0273 e. The lowest BCUT2D eigenvalue weighted by atomic mass is 10.0. The Kier molecular flexibility index (Phi) is 7.58. The molecule has 73 valence electrons. The molecule has 1 nitrogen and oxygen atoms in total. The molecule has 0 aromatic carbocycles. The lowest BCUT2D eigenvalue weighted by Crippen LogP contribution is -2.13. The van der Waals surface area contributed by atoms with Gasteiger partial charge in [0.05, 0.1) is 0 Å². The van der Waals surface area contributed by atoms with Gasteiger partial charge in [-0.3, -0.25) is 0 Å². The van der Waals surface area contributed by atoms with Gasteiger partial charge in [-0.2, -0.15) is 0 Å². The highest BCUT2D eigenvalue weighted by molar-refractivity contribution is 4.69. The molecule has 0 rings (SSSR count). The molecule has 0 heterocycles. The highest BCUT2D eigenvalue weighted by Crippen LogP contribution is 2.13.